The molecule has 1 saturated heterocycles. The SMILES string of the molecule is CC1(C)OC(c2ccco2)CN1C(=O)C(Cl)Cl.CCOCN(C(=O)CCl)c1c(C)cccc1CC.CCc1ccc(COc2ccc(-n3c(=O)cc(C(F)(F)F)n(C)c3=O)cc2)c(OC(C)C(=O)OC)c1.CP(=O)(O)CCC(N)C(=O)O. The van der Waals surface area contributed by atoms with E-state index >= 15 is 0 Å². The Morgan fingerprint density at radius 1 is 0.976 bits per heavy atom. The van der Waals surface area contributed by atoms with Gasteiger partial charge in [0.1, 0.15) is 60.0 Å². The van der Waals surface area contributed by atoms with E-state index in [4.69, 9.17) is 78.6 Å². The molecule has 0 bridgehead atoms. The van der Waals surface area contributed by atoms with E-state index < -0.39 is 65.1 Å². The molecule has 82 heavy (non-hydrogen) atoms. The quantitative estimate of drug-likeness (QED) is 0.0284. The molecule has 3 heterocycles. The molecule has 6 rings (SSSR count). The first kappa shape index (κ1) is 70.1. The summed E-state index contributed by atoms with van der Waals surface area (Å²) in [5.41, 5.74) is 5.67. The average molecular weight is 1240 g/mol. The fourth-order valence-electron chi connectivity index (χ4n) is 7.78. The van der Waals surface area contributed by atoms with Gasteiger partial charge in [-0.1, -0.05) is 67.4 Å². The van der Waals surface area contributed by atoms with Crippen molar-refractivity contribution in [3.63, 3.8) is 0 Å². The molecular formula is C55H70Cl3F3N5O15P. The summed E-state index contributed by atoms with van der Waals surface area (Å²) in [6.45, 7) is 15.6. The number of halogens is 6. The smallest absolute Gasteiger partial charge is 0.431 e. The highest BCUT2D eigenvalue weighted by Gasteiger charge is 2.45. The molecule has 27 heteroatoms. The minimum atomic E-state index is -4.84. The number of carboxylic acids is 1. The fourth-order valence-corrected chi connectivity index (χ4v) is 8.92. The number of carbonyl (C=O) groups excluding carboxylic acids is 3. The normalized spacial score (nSPS) is 15.0. The highest BCUT2D eigenvalue weighted by molar-refractivity contribution is 7.57. The number of furan rings is 1. The summed E-state index contributed by atoms with van der Waals surface area (Å²) in [5.74, 6) is -0.659. The Balaban J connectivity index is 0.000000320. The maximum absolute atomic E-state index is 13.1. The molecule has 1 fully saturated rings. The summed E-state index contributed by atoms with van der Waals surface area (Å²) in [7, 11) is -0.884. The molecule has 4 atom stereocenters. The number of aromatic nitrogens is 2. The monoisotopic (exact) mass is 1230 g/mol. The van der Waals surface area contributed by atoms with Crippen molar-refractivity contribution in [3.8, 4) is 17.2 Å². The standard InChI is InChI=1S/C25H25F3N2O6.C14H20ClNO2.C11H13Cl2NO3.C5H12NO4P/c1-5-16-6-7-17(20(12-16)36-15(2)23(32)34-4)14-35-19-10-8-18(9-11-19)30-22(31)13-21(25(26,27)28)29(3)24(30)33;1-4-12-8-6-7-11(3)14(12)16(10-18-5-2)13(17)9-15;1-11(2)14(10(15)9(12)13)6-8(17-11)7-4-3-5-16-7;1-11(9,10)3-2-4(6)5(7)8/h6-13,15H,5,14H2,1-4H3;6-8H,4-5,9-10H2,1-3H3;3-5,8-9H,6H2,1-2H3;4H,2-3,6H2,1H3,(H,7,8)(H,9,10). The number of methoxy groups -OCH3 is 1. The summed E-state index contributed by atoms with van der Waals surface area (Å²) in [5, 5.41) is 8.28. The Bertz CT molecular complexity index is 3080. The molecule has 1 aliphatic rings. The van der Waals surface area contributed by atoms with Crippen molar-refractivity contribution in [1.82, 2.24) is 14.0 Å². The summed E-state index contributed by atoms with van der Waals surface area (Å²) in [6.07, 6.45) is -2.75. The summed E-state index contributed by atoms with van der Waals surface area (Å²) in [6, 6.07) is 20.3. The largest absolute Gasteiger partial charge is 0.489 e. The molecule has 0 aliphatic carbocycles. The van der Waals surface area contributed by atoms with Gasteiger partial charge in [-0.05, 0) is 113 Å². The van der Waals surface area contributed by atoms with Gasteiger partial charge in [-0.15, -0.1) is 11.6 Å². The van der Waals surface area contributed by atoms with Gasteiger partial charge in [-0.2, -0.15) is 13.2 Å². The maximum Gasteiger partial charge on any atom is 0.431 e. The van der Waals surface area contributed by atoms with Crippen molar-refractivity contribution < 1.29 is 75.0 Å². The Morgan fingerprint density at radius 3 is 2.16 bits per heavy atom. The van der Waals surface area contributed by atoms with Crippen LogP contribution in [0, 0.1) is 6.92 Å². The van der Waals surface area contributed by atoms with Crippen LogP contribution in [0.2, 0.25) is 0 Å². The van der Waals surface area contributed by atoms with Crippen LogP contribution >= 0.6 is 42.2 Å². The molecule has 452 valence electrons. The first-order valence-electron chi connectivity index (χ1n) is 25.5. The second-order valence-corrected chi connectivity index (χ2v) is 22.7. The second-order valence-electron chi connectivity index (χ2n) is 18.7. The van der Waals surface area contributed by atoms with Crippen LogP contribution in [0.15, 0.2) is 99.1 Å². The third-order valence-electron chi connectivity index (χ3n) is 12.2. The topological polar surface area (TPSA) is 262 Å². The van der Waals surface area contributed by atoms with Crippen molar-refractivity contribution in [2.45, 2.75) is 109 Å². The number of nitrogens with two attached hydrogens (primary N) is 1. The van der Waals surface area contributed by atoms with Gasteiger partial charge in [-0.25, -0.2) is 14.2 Å². The van der Waals surface area contributed by atoms with Crippen LogP contribution < -0.4 is 31.4 Å². The van der Waals surface area contributed by atoms with Crippen LogP contribution in [0.3, 0.4) is 0 Å². The molecule has 4 N–H and O–H groups in total. The highest BCUT2D eigenvalue weighted by Crippen LogP contribution is 2.38. The zero-order valence-electron chi connectivity index (χ0n) is 47.0. The molecule has 2 aromatic heterocycles. The number of carboxylic acid groups (broad SMARTS) is 1. The Hall–Kier alpha value is -6.17. The van der Waals surface area contributed by atoms with Crippen LogP contribution in [0.5, 0.6) is 11.5 Å². The third kappa shape index (κ3) is 20.6. The predicted octanol–water partition coefficient (Wildman–Crippen LogP) is 9.17. The van der Waals surface area contributed by atoms with Crippen molar-refractivity contribution >= 4 is 71.6 Å². The van der Waals surface area contributed by atoms with E-state index in [9.17, 15) is 46.5 Å². The second kappa shape index (κ2) is 32.0. The number of ether oxygens (including phenoxy) is 5. The number of anilines is 1. The fraction of sp³-hybridized carbons (Fsp3) is 0.455. The van der Waals surface area contributed by atoms with E-state index in [0.29, 0.717) is 51.2 Å². The van der Waals surface area contributed by atoms with Crippen LogP contribution in [-0.2, 0) is 70.6 Å². The van der Waals surface area contributed by atoms with Crippen molar-refractivity contribution in [1.29, 1.82) is 0 Å². The molecule has 3 aromatic carbocycles. The van der Waals surface area contributed by atoms with E-state index in [1.165, 1.54) is 42.9 Å². The van der Waals surface area contributed by atoms with Gasteiger partial charge in [0.2, 0.25) is 5.91 Å². The number of nitrogens with zero attached hydrogens (tertiary/aromatic N) is 4. The lowest BCUT2D eigenvalue weighted by Crippen LogP contribution is -2.45. The number of amides is 2. The molecule has 0 radical (unpaired) electrons. The number of carbonyl (C=O) groups is 4. The minimum absolute atomic E-state index is 0.0371. The van der Waals surface area contributed by atoms with Crippen LogP contribution in [0.1, 0.15) is 87.8 Å². The van der Waals surface area contributed by atoms with E-state index in [1.54, 1.807) is 38.0 Å². The van der Waals surface area contributed by atoms with Gasteiger partial charge in [-0.3, -0.25) is 33.2 Å². The Labute approximate surface area is 488 Å². The van der Waals surface area contributed by atoms with Crippen molar-refractivity contribution in [2.24, 2.45) is 12.8 Å². The Kier molecular flexibility index (Phi) is 27.4. The summed E-state index contributed by atoms with van der Waals surface area (Å²) >= 11 is 16.9. The van der Waals surface area contributed by atoms with Crippen LogP contribution in [-0.4, -0.2) is 116 Å². The maximum atomic E-state index is 13.1. The lowest BCUT2D eigenvalue weighted by Gasteiger charge is -2.29. The molecule has 0 spiro atoms. The number of aliphatic carboxylic acids is 1. The highest BCUT2D eigenvalue weighted by atomic mass is 35.5. The van der Waals surface area contributed by atoms with E-state index in [1.807, 2.05) is 63.2 Å². The van der Waals surface area contributed by atoms with E-state index in [-0.39, 0.29) is 55.4 Å². The molecule has 0 saturated carbocycles. The number of rotatable bonds is 20. The lowest BCUT2D eigenvalue weighted by molar-refractivity contribution is -0.148. The summed E-state index contributed by atoms with van der Waals surface area (Å²) < 4.78 is 83.5. The number of alkyl halides is 6. The van der Waals surface area contributed by atoms with Gasteiger partial charge in [0.05, 0.1) is 31.3 Å². The zero-order chi connectivity index (χ0) is 61.9. The number of hydrogen-bond acceptors (Lipinski definition) is 14. The number of hydrogen-bond donors (Lipinski definition) is 3. The van der Waals surface area contributed by atoms with Gasteiger partial charge >= 0.3 is 23.8 Å². The summed E-state index contributed by atoms with van der Waals surface area (Å²) in [4.78, 5) is 81.2. The van der Waals surface area contributed by atoms with Crippen LogP contribution in [0.4, 0.5) is 18.9 Å². The minimum Gasteiger partial charge on any atom is -0.489 e. The third-order valence-corrected chi connectivity index (χ3v) is 13.9. The molecule has 2 amide bonds. The van der Waals surface area contributed by atoms with Gasteiger partial charge in [0.15, 0.2) is 18.3 Å². The molecule has 20 nitrogen and oxygen atoms in total. The number of benzene rings is 3. The van der Waals surface area contributed by atoms with Gasteiger partial charge in [0.25, 0.3) is 11.5 Å². The lowest BCUT2D eigenvalue weighted by atomic mass is 10.0. The number of esters is 1. The van der Waals surface area contributed by atoms with E-state index in [0.717, 1.165) is 42.3 Å². The average Bonchev–Trinajstić information content (AvgIpc) is 4.24. The van der Waals surface area contributed by atoms with Crippen molar-refractivity contribution in [3.05, 3.63) is 140 Å². The predicted molar refractivity (Wildman–Crippen MR) is 304 cm³/mol. The molecule has 5 aromatic rings. The molecular weight excluding hydrogens is 1160 g/mol. The molecule has 4 unspecified atom stereocenters. The van der Waals surface area contributed by atoms with Gasteiger partial charge in [0, 0.05) is 38.1 Å². The van der Waals surface area contributed by atoms with Crippen LogP contribution in [0.25, 0.3) is 5.69 Å². The van der Waals surface area contributed by atoms with Crippen molar-refractivity contribution in [2.75, 3.05) is 50.6 Å². The zero-order valence-corrected chi connectivity index (χ0v) is 50.2. The first-order chi connectivity index (χ1) is 38.3. The Morgan fingerprint density at radius 2 is 1.63 bits per heavy atom. The number of para-hydroxylation sites is 1. The first-order valence-corrected chi connectivity index (χ1v) is 29.2. The van der Waals surface area contributed by atoms with Gasteiger partial charge < -0.3 is 48.7 Å². The molecule has 1 aliphatic heterocycles. The van der Waals surface area contributed by atoms with E-state index in [2.05, 4.69) is 6.92 Å². The number of aryl methyl sites for hydroxylation is 3.